The number of halogens is 1. The van der Waals surface area contributed by atoms with Crippen LogP contribution in [0, 0.1) is 6.92 Å². The van der Waals surface area contributed by atoms with E-state index in [1.807, 2.05) is 14.0 Å². The lowest BCUT2D eigenvalue weighted by atomic mass is 10.1. The number of thiophene rings is 1. The van der Waals surface area contributed by atoms with Crippen LogP contribution in [0.2, 0.25) is 4.34 Å². The number of ether oxygens (including phenoxy) is 1. The predicted octanol–water partition coefficient (Wildman–Crippen LogP) is 3.54. The summed E-state index contributed by atoms with van der Waals surface area (Å²) in [5.74, 6) is 0. The maximum absolute atomic E-state index is 6.12. The molecule has 0 radical (unpaired) electrons. The summed E-state index contributed by atoms with van der Waals surface area (Å²) in [6, 6.07) is 2.45. The summed E-state index contributed by atoms with van der Waals surface area (Å²) in [5.41, 5.74) is 1.16. The standard InChI is InChI=1S/C12H18ClNOS/c1-7-6-10(16-12(7)13)11(14-3)9-5-4-8(2)15-9/h6,8-9,11,14H,4-5H2,1-3H3. The molecule has 2 rings (SSSR count). The number of hydrogen-bond acceptors (Lipinski definition) is 3. The summed E-state index contributed by atoms with van der Waals surface area (Å²) in [6.07, 6.45) is 2.95. The first-order valence-electron chi connectivity index (χ1n) is 5.70. The van der Waals surface area contributed by atoms with E-state index in [1.54, 1.807) is 11.3 Å². The second-order valence-electron chi connectivity index (χ2n) is 4.43. The average molecular weight is 260 g/mol. The molecule has 1 aromatic rings. The average Bonchev–Trinajstić information content (AvgIpc) is 2.77. The van der Waals surface area contributed by atoms with E-state index in [1.165, 1.54) is 4.88 Å². The van der Waals surface area contributed by atoms with Crippen molar-refractivity contribution in [3.63, 3.8) is 0 Å². The highest BCUT2D eigenvalue weighted by atomic mass is 35.5. The monoisotopic (exact) mass is 259 g/mol. The number of rotatable bonds is 3. The van der Waals surface area contributed by atoms with E-state index in [-0.39, 0.29) is 12.1 Å². The van der Waals surface area contributed by atoms with E-state index in [0.717, 1.165) is 22.7 Å². The van der Waals surface area contributed by atoms with E-state index >= 15 is 0 Å². The van der Waals surface area contributed by atoms with Gasteiger partial charge in [0.1, 0.15) is 0 Å². The lowest BCUT2D eigenvalue weighted by Crippen LogP contribution is -2.28. The Kier molecular flexibility index (Phi) is 3.90. The van der Waals surface area contributed by atoms with Gasteiger partial charge < -0.3 is 10.1 Å². The molecular weight excluding hydrogens is 242 g/mol. The largest absolute Gasteiger partial charge is 0.373 e. The minimum Gasteiger partial charge on any atom is -0.373 e. The zero-order valence-corrected chi connectivity index (χ0v) is 11.5. The van der Waals surface area contributed by atoms with Gasteiger partial charge in [-0.15, -0.1) is 11.3 Å². The molecule has 2 nitrogen and oxygen atoms in total. The second-order valence-corrected chi connectivity index (χ2v) is 6.12. The number of hydrogen-bond donors (Lipinski definition) is 1. The minimum absolute atomic E-state index is 0.279. The normalized spacial score (nSPS) is 27.2. The SMILES string of the molecule is CNC(c1cc(C)c(Cl)s1)C1CCC(C)O1. The Morgan fingerprint density at radius 1 is 1.56 bits per heavy atom. The fourth-order valence-corrected chi connectivity index (χ4v) is 3.61. The molecule has 0 aliphatic carbocycles. The maximum Gasteiger partial charge on any atom is 0.0960 e. The molecule has 16 heavy (non-hydrogen) atoms. The van der Waals surface area contributed by atoms with Gasteiger partial charge in [0.05, 0.1) is 22.6 Å². The van der Waals surface area contributed by atoms with Gasteiger partial charge in [0.25, 0.3) is 0 Å². The Labute approximate surface area is 106 Å². The van der Waals surface area contributed by atoms with Crippen molar-refractivity contribution in [3.8, 4) is 0 Å². The summed E-state index contributed by atoms with van der Waals surface area (Å²) in [4.78, 5) is 1.28. The topological polar surface area (TPSA) is 21.3 Å². The Morgan fingerprint density at radius 3 is 2.75 bits per heavy atom. The van der Waals surface area contributed by atoms with Gasteiger partial charge in [-0.25, -0.2) is 0 Å². The second kappa shape index (κ2) is 5.05. The molecule has 1 aromatic heterocycles. The van der Waals surface area contributed by atoms with Crippen molar-refractivity contribution in [3.05, 3.63) is 20.8 Å². The predicted molar refractivity (Wildman–Crippen MR) is 69.4 cm³/mol. The molecular formula is C12H18ClNOS. The number of likely N-dealkylation sites (N-methyl/N-ethyl adjacent to an activating group) is 1. The smallest absolute Gasteiger partial charge is 0.0960 e. The van der Waals surface area contributed by atoms with Crippen LogP contribution in [0.15, 0.2) is 6.07 Å². The van der Waals surface area contributed by atoms with Crippen LogP contribution in [0.3, 0.4) is 0 Å². The van der Waals surface area contributed by atoms with E-state index in [9.17, 15) is 0 Å². The third-order valence-electron chi connectivity index (χ3n) is 3.13. The molecule has 90 valence electrons. The van der Waals surface area contributed by atoms with Crippen molar-refractivity contribution in [1.82, 2.24) is 5.32 Å². The Hall–Kier alpha value is -0.0900. The number of nitrogens with one attached hydrogen (secondary N) is 1. The third-order valence-corrected chi connectivity index (χ3v) is 4.77. The van der Waals surface area contributed by atoms with Crippen LogP contribution in [0.4, 0.5) is 0 Å². The summed E-state index contributed by atoms with van der Waals surface area (Å²) in [7, 11) is 1.99. The third kappa shape index (κ3) is 2.43. The molecule has 3 unspecified atom stereocenters. The van der Waals surface area contributed by atoms with Crippen molar-refractivity contribution in [1.29, 1.82) is 0 Å². The van der Waals surface area contributed by atoms with E-state index in [4.69, 9.17) is 16.3 Å². The summed E-state index contributed by atoms with van der Waals surface area (Å²) >= 11 is 7.77. The fraction of sp³-hybridized carbons (Fsp3) is 0.667. The lowest BCUT2D eigenvalue weighted by molar-refractivity contribution is 0.0341. The van der Waals surface area contributed by atoms with Crippen molar-refractivity contribution < 1.29 is 4.74 Å². The first kappa shape index (κ1) is 12.4. The van der Waals surface area contributed by atoms with Gasteiger partial charge in [0.15, 0.2) is 0 Å². The first-order valence-corrected chi connectivity index (χ1v) is 6.89. The van der Waals surface area contributed by atoms with Crippen LogP contribution in [-0.2, 0) is 4.74 Å². The van der Waals surface area contributed by atoms with E-state index in [2.05, 4.69) is 18.3 Å². The highest BCUT2D eigenvalue weighted by molar-refractivity contribution is 7.16. The van der Waals surface area contributed by atoms with Crippen LogP contribution in [0.25, 0.3) is 0 Å². The molecule has 0 amide bonds. The van der Waals surface area contributed by atoms with Crippen LogP contribution < -0.4 is 5.32 Å². The van der Waals surface area contributed by atoms with Crippen LogP contribution >= 0.6 is 22.9 Å². The molecule has 0 bridgehead atoms. The molecule has 1 aliphatic rings. The van der Waals surface area contributed by atoms with Gasteiger partial charge >= 0.3 is 0 Å². The fourth-order valence-electron chi connectivity index (χ4n) is 2.23. The molecule has 2 heterocycles. The molecule has 0 spiro atoms. The molecule has 0 saturated carbocycles. The van der Waals surface area contributed by atoms with Crippen LogP contribution in [-0.4, -0.2) is 19.3 Å². The van der Waals surface area contributed by atoms with Gasteiger partial charge in [-0.3, -0.25) is 0 Å². The minimum atomic E-state index is 0.279. The summed E-state index contributed by atoms with van der Waals surface area (Å²) in [6.45, 7) is 4.19. The van der Waals surface area contributed by atoms with Gasteiger partial charge in [0, 0.05) is 4.88 Å². The molecule has 1 aliphatic heterocycles. The van der Waals surface area contributed by atoms with Gasteiger partial charge in [0.2, 0.25) is 0 Å². The zero-order chi connectivity index (χ0) is 11.7. The molecule has 0 aromatic carbocycles. The quantitative estimate of drug-likeness (QED) is 0.897. The first-order chi connectivity index (χ1) is 7.61. The van der Waals surface area contributed by atoms with Crippen molar-refractivity contribution in [2.75, 3.05) is 7.05 Å². The Morgan fingerprint density at radius 2 is 2.31 bits per heavy atom. The van der Waals surface area contributed by atoms with Crippen molar-refractivity contribution >= 4 is 22.9 Å². The van der Waals surface area contributed by atoms with Crippen molar-refractivity contribution in [2.45, 2.75) is 44.9 Å². The maximum atomic E-state index is 6.12. The van der Waals surface area contributed by atoms with Crippen molar-refractivity contribution in [2.24, 2.45) is 0 Å². The lowest BCUT2D eigenvalue weighted by Gasteiger charge is -2.21. The molecule has 3 atom stereocenters. The van der Waals surface area contributed by atoms with E-state index < -0.39 is 0 Å². The Balaban J connectivity index is 2.16. The van der Waals surface area contributed by atoms with Crippen LogP contribution in [0.5, 0.6) is 0 Å². The highest BCUT2D eigenvalue weighted by Crippen LogP contribution is 2.36. The van der Waals surface area contributed by atoms with Gasteiger partial charge in [-0.2, -0.15) is 0 Å². The molecule has 1 fully saturated rings. The zero-order valence-electron chi connectivity index (χ0n) is 9.92. The molecule has 4 heteroatoms. The summed E-state index contributed by atoms with van der Waals surface area (Å²) in [5, 5.41) is 3.35. The van der Waals surface area contributed by atoms with Gasteiger partial charge in [-0.05, 0) is 45.4 Å². The van der Waals surface area contributed by atoms with Crippen LogP contribution in [0.1, 0.15) is 36.2 Å². The Bertz CT molecular complexity index is 346. The molecule has 1 saturated heterocycles. The highest BCUT2D eigenvalue weighted by Gasteiger charge is 2.30. The number of aryl methyl sites for hydroxylation is 1. The molecule has 1 N–H and O–H groups in total. The van der Waals surface area contributed by atoms with Gasteiger partial charge in [-0.1, -0.05) is 11.6 Å². The summed E-state index contributed by atoms with van der Waals surface area (Å²) < 4.78 is 6.81. The van der Waals surface area contributed by atoms with E-state index in [0.29, 0.717) is 6.10 Å².